The summed E-state index contributed by atoms with van der Waals surface area (Å²) in [6.07, 6.45) is 1.16. The van der Waals surface area contributed by atoms with Crippen molar-refractivity contribution in [1.29, 1.82) is 0 Å². The lowest BCUT2D eigenvalue weighted by Crippen LogP contribution is -2.42. The summed E-state index contributed by atoms with van der Waals surface area (Å²) in [6.45, 7) is 7.34. The minimum atomic E-state index is -0.366. The van der Waals surface area contributed by atoms with E-state index in [0.717, 1.165) is 63.9 Å². The monoisotopic (exact) mass is 361 g/mol. The van der Waals surface area contributed by atoms with E-state index in [-0.39, 0.29) is 10.6 Å². The fraction of sp³-hybridized carbons (Fsp3) is 0.611. The van der Waals surface area contributed by atoms with Gasteiger partial charge in [0.2, 0.25) is 0 Å². The van der Waals surface area contributed by atoms with Crippen LogP contribution in [0.5, 0.6) is 0 Å². The highest BCUT2D eigenvalue weighted by Crippen LogP contribution is 2.19. The molecule has 142 valence electrons. The number of nitrogens with zero attached hydrogens (tertiary/aromatic N) is 4. The summed E-state index contributed by atoms with van der Waals surface area (Å²) in [5.74, 6) is 1.51. The fourth-order valence-corrected chi connectivity index (χ4v) is 3.62. The molecule has 1 N–H and O–H groups in total. The Labute approximate surface area is 154 Å². The van der Waals surface area contributed by atoms with Crippen molar-refractivity contribution in [2.45, 2.75) is 13.0 Å². The van der Waals surface area contributed by atoms with E-state index >= 15 is 0 Å². The zero-order valence-electron chi connectivity index (χ0n) is 15.3. The van der Waals surface area contributed by atoms with Crippen LogP contribution in [-0.2, 0) is 11.3 Å². The van der Waals surface area contributed by atoms with E-state index in [0.29, 0.717) is 12.5 Å². The first-order valence-corrected chi connectivity index (χ1v) is 9.14. The molecule has 2 aliphatic rings. The molecule has 2 fully saturated rings. The maximum atomic E-state index is 10.9. The molecular weight excluding hydrogens is 334 g/mol. The predicted octanol–water partition coefficient (Wildman–Crippen LogP) is 1.32. The first-order valence-electron chi connectivity index (χ1n) is 9.14. The van der Waals surface area contributed by atoms with Crippen LogP contribution >= 0.6 is 0 Å². The lowest BCUT2D eigenvalue weighted by Gasteiger charge is -2.29. The van der Waals surface area contributed by atoms with Gasteiger partial charge in [0.05, 0.1) is 18.1 Å². The molecule has 1 aromatic rings. The maximum Gasteiger partial charge on any atom is 0.269 e. The van der Waals surface area contributed by atoms with Crippen LogP contribution in [0.15, 0.2) is 29.3 Å². The Morgan fingerprint density at radius 1 is 1.38 bits per heavy atom. The number of rotatable bonds is 5. The van der Waals surface area contributed by atoms with Crippen molar-refractivity contribution in [2.24, 2.45) is 10.9 Å². The third-order valence-corrected chi connectivity index (χ3v) is 4.99. The third kappa shape index (κ3) is 4.92. The Balaban J connectivity index is 1.50. The summed E-state index contributed by atoms with van der Waals surface area (Å²) in [7, 11) is 1.78. The van der Waals surface area contributed by atoms with E-state index in [2.05, 4.69) is 20.1 Å². The number of ether oxygens (including phenoxy) is 1. The zero-order chi connectivity index (χ0) is 18.4. The number of nitrogens with one attached hydrogen (secondary N) is 1. The number of non-ortho nitro benzene ring substituents is 1. The van der Waals surface area contributed by atoms with Crippen LogP contribution < -0.4 is 5.32 Å². The first kappa shape index (κ1) is 18.6. The average Bonchev–Trinajstić information content (AvgIpc) is 3.11. The van der Waals surface area contributed by atoms with E-state index in [1.165, 1.54) is 6.07 Å². The smallest absolute Gasteiger partial charge is 0.269 e. The van der Waals surface area contributed by atoms with Crippen molar-refractivity contribution >= 4 is 11.6 Å². The van der Waals surface area contributed by atoms with Crippen molar-refractivity contribution in [3.63, 3.8) is 0 Å². The lowest BCUT2D eigenvalue weighted by molar-refractivity contribution is -0.384. The van der Waals surface area contributed by atoms with Gasteiger partial charge in [-0.15, -0.1) is 0 Å². The number of guanidine groups is 1. The summed E-state index contributed by atoms with van der Waals surface area (Å²) in [5, 5.41) is 14.2. The van der Waals surface area contributed by atoms with Crippen LogP contribution in [0.3, 0.4) is 0 Å². The highest BCUT2D eigenvalue weighted by atomic mass is 16.6. The van der Waals surface area contributed by atoms with Crippen molar-refractivity contribution in [1.82, 2.24) is 15.1 Å². The van der Waals surface area contributed by atoms with Gasteiger partial charge >= 0.3 is 0 Å². The molecule has 0 aliphatic carbocycles. The lowest BCUT2D eigenvalue weighted by atomic mass is 10.1. The van der Waals surface area contributed by atoms with E-state index in [9.17, 15) is 10.1 Å². The summed E-state index contributed by atoms with van der Waals surface area (Å²) >= 11 is 0. The first-order chi connectivity index (χ1) is 12.7. The average molecular weight is 361 g/mol. The number of nitro benzene ring substituents is 1. The van der Waals surface area contributed by atoms with E-state index in [4.69, 9.17) is 4.74 Å². The molecule has 1 aromatic carbocycles. The van der Waals surface area contributed by atoms with Gasteiger partial charge in [-0.2, -0.15) is 0 Å². The van der Waals surface area contributed by atoms with Crippen LogP contribution in [0, 0.1) is 16.0 Å². The second-order valence-corrected chi connectivity index (χ2v) is 6.84. The van der Waals surface area contributed by atoms with Gasteiger partial charge in [-0.25, -0.2) is 0 Å². The van der Waals surface area contributed by atoms with Gasteiger partial charge in [-0.3, -0.25) is 20.0 Å². The van der Waals surface area contributed by atoms with Crippen LogP contribution in [0.2, 0.25) is 0 Å². The van der Waals surface area contributed by atoms with Gasteiger partial charge in [0.1, 0.15) is 0 Å². The Morgan fingerprint density at radius 3 is 2.92 bits per heavy atom. The van der Waals surface area contributed by atoms with Crippen molar-refractivity contribution < 1.29 is 9.66 Å². The SMILES string of the molecule is CN=C(NCc1cccc([N+](=O)[O-])c1)N1CCC(CN2CCOCC2)C1. The quantitative estimate of drug-likeness (QED) is 0.369. The van der Waals surface area contributed by atoms with E-state index in [1.807, 2.05) is 6.07 Å². The molecule has 0 spiro atoms. The molecule has 0 saturated carbocycles. The van der Waals surface area contributed by atoms with Gasteiger partial charge < -0.3 is 15.0 Å². The molecule has 0 amide bonds. The minimum Gasteiger partial charge on any atom is -0.379 e. The van der Waals surface area contributed by atoms with E-state index in [1.54, 1.807) is 19.2 Å². The molecule has 0 radical (unpaired) electrons. The molecule has 3 rings (SSSR count). The molecule has 1 unspecified atom stereocenters. The number of benzene rings is 1. The molecule has 8 nitrogen and oxygen atoms in total. The number of hydrogen-bond donors (Lipinski definition) is 1. The number of nitro groups is 1. The second-order valence-electron chi connectivity index (χ2n) is 6.84. The fourth-order valence-electron chi connectivity index (χ4n) is 3.62. The standard InChI is InChI=1S/C18H27N5O3/c1-19-18(20-12-15-3-2-4-17(11-15)23(24)25)22-6-5-16(14-22)13-21-7-9-26-10-8-21/h2-4,11,16H,5-10,12-14H2,1H3,(H,19,20). The number of hydrogen-bond acceptors (Lipinski definition) is 5. The van der Waals surface area contributed by atoms with Gasteiger partial charge in [0, 0.05) is 58.4 Å². The predicted molar refractivity (Wildman–Crippen MR) is 100 cm³/mol. The van der Waals surface area contributed by atoms with Gasteiger partial charge in [0.15, 0.2) is 5.96 Å². The third-order valence-electron chi connectivity index (χ3n) is 4.99. The summed E-state index contributed by atoms with van der Waals surface area (Å²) < 4.78 is 5.41. The second kappa shape index (κ2) is 8.95. The van der Waals surface area contributed by atoms with Crippen LogP contribution in [-0.4, -0.2) is 73.7 Å². The van der Waals surface area contributed by atoms with Crippen LogP contribution in [0.1, 0.15) is 12.0 Å². The molecule has 0 bridgehead atoms. The van der Waals surface area contributed by atoms with Crippen molar-refractivity contribution in [2.75, 3.05) is 53.0 Å². The van der Waals surface area contributed by atoms with Crippen molar-refractivity contribution in [3.8, 4) is 0 Å². The van der Waals surface area contributed by atoms with Gasteiger partial charge in [-0.1, -0.05) is 12.1 Å². The Kier molecular flexibility index (Phi) is 6.40. The summed E-state index contributed by atoms with van der Waals surface area (Å²) in [4.78, 5) is 19.7. The van der Waals surface area contributed by atoms with Crippen molar-refractivity contribution in [3.05, 3.63) is 39.9 Å². The van der Waals surface area contributed by atoms with Crippen LogP contribution in [0.25, 0.3) is 0 Å². The molecule has 8 heteroatoms. The highest BCUT2D eigenvalue weighted by Gasteiger charge is 2.27. The maximum absolute atomic E-state index is 10.9. The number of likely N-dealkylation sites (tertiary alicyclic amines) is 1. The van der Waals surface area contributed by atoms with Gasteiger partial charge in [0.25, 0.3) is 5.69 Å². The Bertz CT molecular complexity index is 645. The van der Waals surface area contributed by atoms with E-state index < -0.39 is 0 Å². The Morgan fingerprint density at radius 2 is 2.19 bits per heavy atom. The topological polar surface area (TPSA) is 83.2 Å². The summed E-state index contributed by atoms with van der Waals surface area (Å²) in [5.41, 5.74) is 0.996. The highest BCUT2D eigenvalue weighted by molar-refractivity contribution is 5.80. The Hall–Kier alpha value is -2.19. The molecule has 26 heavy (non-hydrogen) atoms. The summed E-state index contributed by atoms with van der Waals surface area (Å²) in [6, 6.07) is 6.71. The number of morpholine rings is 1. The molecule has 1 atom stereocenters. The minimum absolute atomic E-state index is 0.117. The zero-order valence-corrected chi connectivity index (χ0v) is 15.3. The number of aliphatic imine (C=N–C) groups is 1. The molecular formula is C18H27N5O3. The molecule has 2 aliphatic heterocycles. The molecule has 2 heterocycles. The molecule has 0 aromatic heterocycles. The normalized spacial score (nSPS) is 21.8. The van der Waals surface area contributed by atoms with Crippen LogP contribution in [0.4, 0.5) is 5.69 Å². The molecule has 2 saturated heterocycles. The largest absolute Gasteiger partial charge is 0.379 e. The van der Waals surface area contributed by atoms with Gasteiger partial charge in [-0.05, 0) is 17.9 Å².